The molecule has 0 aliphatic heterocycles. The molecule has 0 aliphatic rings. The summed E-state index contributed by atoms with van der Waals surface area (Å²) in [6, 6.07) is 171. The largest absolute Gasteiger partial charge is 0.455 e. The molecule has 0 spiro atoms. The van der Waals surface area contributed by atoms with Crippen molar-refractivity contribution in [3.05, 3.63) is 491 Å². The van der Waals surface area contributed by atoms with Crippen molar-refractivity contribution < 1.29 is 4.42 Å². The fourth-order valence-electron chi connectivity index (χ4n) is 20.1. The molecule has 0 amide bonds. The van der Waals surface area contributed by atoms with Crippen molar-refractivity contribution >= 4 is 130 Å². The van der Waals surface area contributed by atoms with Crippen molar-refractivity contribution in [1.29, 1.82) is 0 Å². The van der Waals surface area contributed by atoms with Crippen LogP contribution in [-0.4, -0.2) is 53.6 Å². The Morgan fingerprint density at radius 1 is 0.184 bits per heavy atom. The van der Waals surface area contributed by atoms with E-state index in [9.17, 15) is 0 Å². The lowest BCUT2D eigenvalue weighted by Crippen LogP contribution is -2.03. The van der Waals surface area contributed by atoms with E-state index in [-0.39, 0.29) is 0 Å². The predicted octanol–water partition coefficient (Wildman–Crippen LogP) is 33.3. The van der Waals surface area contributed by atoms with E-state index in [0.717, 1.165) is 133 Å². The number of rotatable bonds is 14. The number of fused-ring (bicyclic) bond motifs is 16. The zero-order valence-corrected chi connectivity index (χ0v) is 76.8. The van der Waals surface area contributed by atoms with Crippen molar-refractivity contribution in [1.82, 2.24) is 53.6 Å². The molecule has 8 aromatic heterocycles. The van der Waals surface area contributed by atoms with Gasteiger partial charge < -0.3 is 13.6 Å². The molecule has 0 saturated carbocycles. The Morgan fingerprint density at radius 3 is 1.08 bits per heavy atom. The van der Waals surface area contributed by atoms with Gasteiger partial charge in [0.1, 0.15) is 11.2 Å². The molecule has 8 heterocycles. The standard InChI is InChI=1S/C45H28N4O.C45H28N4S.C38H25N3/c1-3-13-29(14-4-1)43-46-44(30-15-5-2-6-16-30)48-45(47-43)32-17-11-18-33(27-32)49-39-23-9-7-19-35(39)36-26-25-31(28-40(36)49)34-21-12-22-38-37-20-8-10-24-41(37)50-42(34)38;1-3-13-29(14-4-1)43-46-44(30-15-5-2-6-16-30)48-45(47-43)32-17-11-18-33(27-32)49-39-23-9-7-19-35(39)38-28-31(25-26-40(38)49)34-21-12-22-37-36-20-8-10-24-41(36)50-42(34)37;1-4-12-26(13-5-1)29-20-22-35-32(24-29)33-25-30(27-14-6-2-7-15-27)21-23-36(33)41(35)38-39-34-19-11-10-18-31(34)37(40-38)28-16-8-3-9-17-28/h2*1-28H;1-25H. The molecule has 0 unspecified atom stereocenters. The molecule has 20 aromatic carbocycles. The second-order valence-corrected chi connectivity index (χ2v) is 36.2. The highest BCUT2D eigenvalue weighted by atomic mass is 32.1. The Balaban J connectivity index is 0.000000109. The summed E-state index contributed by atoms with van der Waals surface area (Å²) >= 11 is 1.87. The van der Waals surface area contributed by atoms with E-state index in [1.165, 1.54) is 85.9 Å². The number of hydrogen-bond acceptors (Lipinski definition) is 10. The van der Waals surface area contributed by atoms with Crippen molar-refractivity contribution in [3.63, 3.8) is 0 Å². The summed E-state index contributed by atoms with van der Waals surface area (Å²) in [5.74, 6) is 4.51. The molecule has 28 rings (SSSR count). The third kappa shape index (κ3) is 15.2. The van der Waals surface area contributed by atoms with Gasteiger partial charge >= 0.3 is 0 Å². The number of hydrogen-bond donors (Lipinski definition) is 0. The Hall–Kier alpha value is -18.8. The molecule has 0 radical (unpaired) electrons. The molecule has 0 N–H and O–H groups in total. The molecule has 660 valence electrons. The summed E-state index contributed by atoms with van der Waals surface area (Å²) in [6.45, 7) is 0. The second-order valence-electron chi connectivity index (χ2n) is 35.2. The number of para-hydroxylation sites is 5. The lowest BCUT2D eigenvalue weighted by Gasteiger charge is -2.12. The first-order chi connectivity index (χ1) is 69.9. The first-order valence-corrected chi connectivity index (χ1v) is 48.1. The van der Waals surface area contributed by atoms with Crippen LogP contribution in [0.3, 0.4) is 0 Å². The van der Waals surface area contributed by atoms with E-state index >= 15 is 0 Å². The van der Waals surface area contributed by atoms with Gasteiger partial charge in [0.05, 0.1) is 44.3 Å². The van der Waals surface area contributed by atoms with Gasteiger partial charge in [0, 0.05) is 125 Å². The monoisotopic (exact) mass is 1820 g/mol. The summed E-state index contributed by atoms with van der Waals surface area (Å²) in [5.41, 5.74) is 28.6. The first-order valence-electron chi connectivity index (χ1n) is 47.3. The van der Waals surface area contributed by atoms with Gasteiger partial charge in [-0.05, 0) is 136 Å². The summed E-state index contributed by atoms with van der Waals surface area (Å²) in [5, 5.41) is 13.1. The van der Waals surface area contributed by atoms with Gasteiger partial charge in [0.2, 0.25) is 5.95 Å². The number of thiophene rings is 1. The number of benzene rings is 20. The van der Waals surface area contributed by atoms with Crippen LogP contribution in [0.2, 0.25) is 0 Å². The molecule has 141 heavy (non-hydrogen) atoms. The fraction of sp³-hybridized carbons (Fsp3) is 0. The van der Waals surface area contributed by atoms with E-state index in [4.69, 9.17) is 44.3 Å². The molecule has 0 fully saturated rings. The summed E-state index contributed by atoms with van der Waals surface area (Å²) < 4.78 is 16.0. The molecule has 0 atom stereocenters. The molecule has 0 saturated heterocycles. The van der Waals surface area contributed by atoms with Crippen LogP contribution in [0.25, 0.3) is 260 Å². The van der Waals surface area contributed by atoms with Crippen LogP contribution < -0.4 is 0 Å². The molecule has 13 heteroatoms. The van der Waals surface area contributed by atoms with E-state index < -0.39 is 0 Å². The van der Waals surface area contributed by atoms with Crippen molar-refractivity contribution in [2.75, 3.05) is 0 Å². The van der Waals surface area contributed by atoms with Crippen molar-refractivity contribution in [3.8, 4) is 141 Å². The Labute approximate surface area is 814 Å². The van der Waals surface area contributed by atoms with Crippen molar-refractivity contribution in [2.45, 2.75) is 0 Å². The Kier molecular flexibility index (Phi) is 20.8. The van der Waals surface area contributed by atoms with Crippen LogP contribution in [0.5, 0.6) is 0 Å². The van der Waals surface area contributed by atoms with Gasteiger partial charge in [0.15, 0.2) is 34.9 Å². The van der Waals surface area contributed by atoms with Gasteiger partial charge in [-0.15, -0.1) is 11.3 Å². The number of nitrogens with zero attached hydrogens (tertiary/aromatic N) is 11. The molecular weight excluding hydrogens is 1740 g/mol. The topological polar surface area (TPSA) is 131 Å². The Morgan fingerprint density at radius 2 is 0.539 bits per heavy atom. The minimum absolute atomic E-state index is 0.623. The summed E-state index contributed by atoms with van der Waals surface area (Å²) in [4.78, 5) is 40.1. The SMILES string of the molecule is c1ccc(-c2ccc3c(c2)c2cc(-c4ccccc4)ccc2n3-c2nc(-c3ccccc3)c3ccccc3n2)cc1.c1ccc(-c2nc(-c3ccccc3)nc(-c3cccc(-n4c5ccccc5c5cc(-c6cccc7c6sc6ccccc67)ccc54)c3)n2)cc1.c1ccc(-c2nc(-c3ccccc3)nc(-c3cccc(-n4c5ccccc5c5ccc(-c6cccc7c6oc6ccccc67)cc54)c3)n2)cc1. The highest BCUT2D eigenvalue weighted by Crippen LogP contribution is 2.46. The first kappa shape index (κ1) is 82.8. The van der Waals surface area contributed by atoms with E-state index in [2.05, 4.69) is 359 Å². The van der Waals surface area contributed by atoms with Crippen LogP contribution in [0.4, 0.5) is 0 Å². The number of aromatic nitrogens is 11. The highest BCUT2D eigenvalue weighted by molar-refractivity contribution is 7.26. The minimum atomic E-state index is 0.623. The average molecular weight is 1820 g/mol. The zero-order valence-electron chi connectivity index (χ0n) is 76.0. The normalized spacial score (nSPS) is 11.5. The molecule has 28 aromatic rings. The summed E-state index contributed by atoms with van der Waals surface area (Å²) in [7, 11) is 0. The third-order valence-electron chi connectivity index (χ3n) is 26.7. The van der Waals surface area contributed by atoms with Crippen molar-refractivity contribution in [2.24, 2.45) is 0 Å². The lowest BCUT2D eigenvalue weighted by molar-refractivity contribution is 0.670. The van der Waals surface area contributed by atoms with E-state index in [1.807, 2.05) is 157 Å². The van der Waals surface area contributed by atoms with Crippen LogP contribution in [-0.2, 0) is 0 Å². The lowest BCUT2D eigenvalue weighted by atomic mass is 10.0. The van der Waals surface area contributed by atoms with Crippen LogP contribution in [0.15, 0.2) is 496 Å². The van der Waals surface area contributed by atoms with Gasteiger partial charge in [0.25, 0.3) is 0 Å². The van der Waals surface area contributed by atoms with E-state index in [1.54, 1.807) is 0 Å². The van der Waals surface area contributed by atoms with E-state index in [0.29, 0.717) is 40.9 Å². The molecule has 0 aliphatic carbocycles. The zero-order chi connectivity index (χ0) is 93.2. The highest BCUT2D eigenvalue weighted by Gasteiger charge is 2.25. The predicted molar refractivity (Wildman–Crippen MR) is 582 cm³/mol. The number of furan rings is 1. The molecular formula is C128H81N11OS. The quantitative estimate of drug-likeness (QED) is 0.104. The van der Waals surface area contributed by atoms with Crippen LogP contribution in [0, 0.1) is 0 Å². The van der Waals surface area contributed by atoms with Gasteiger partial charge in [-0.3, -0.25) is 4.57 Å². The average Bonchev–Trinajstić information content (AvgIpc) is 1.59. The third-order valence-corrected chi connectivity index (χ3v) is 27.9. The van der Waals surface area contributed by atoms with Crippen LogP contribution >= 0.6 is 11.3 Å². The Bertz CT molecular complexity index is 9470. The minimum Gasteiger partial charge on any atom is -0.455 e. The maximum absolute atomic E-state index is 6.45. The van der Waals surface area contributed by atoms with Crippen LogP contribution in [0.1, 0.15) is 0 Å². The molecule has 0 bridgehead atoms. The maximum atomic E-state index is 6.45. The van der Waals surface area contributed by atoms with Gasteiger partial charge in [-0.25, -0.2) is 39.9 Å². The second kappa shape index (κ2) is 35.5. The smallest absolute Gasteiger partial charge is 0.235 e. The summed E-state index contributed by atoms with van der Waals surface area (Å²) in [6.07, 6.45) is 0. The maximum Gasteiger partial charge on any atom is 0.235 e. The van der Waals surface area contributed by atoms with Gasteiger partial charge in [-0.1, -0.05) is 394 Å². The molecule has 12 nitrogen and oxygen atoms in total. The van der Waals surface area contributed by atoms with Gasteiger partial charge in [-0.2, -0.15) is 0 Å². The fourth-order valence-corrected chi connectivity index (χ4v) is 21.3.